The third-order valence-electron chi connectivity index (χ3n) is 5.34. The summed E-state index contributed by atoms with van der Waals surface area (Å²) in [5, 5.41) is 10.7. The summed E-state index contributed by atoms with van der Waals surface area (Å²) < 4.78 is 2.08. The van der Waals surface area contributed by atoms with E-state index in [1.165, 1.54) is 18.2 Å². The zero-order valence-corrected chi connectivity index (χ0v) is 16.3. The second-order valence-corrected chi connectivity index (χ2v) is 8.19. The largest absolute Gasteiger partial charge is 0.337 e. The number of rotatable bonds is 3. The van der Waals surface area contributed by atoms with Gasteiger partial charge in [-0.2, -0.15) is 0 Å². The van der Waals surface area contributed by atoms with Crippen molar-refractivity contribution in [2.45, 2.75) is 57.3 Å². The quantitative estimate of drug-likeness (QED) is 0.654. The maximum atomic E-state index is 12.8. The van der Waals surface area contributed by atoms with Gasteiger partial charge in [0.05, 0.1) is 11.3 Å². The van der Waals surface area contributed by atoms with Crippen LogP contribution in [0.4, 0.5) is 0 Å². The van der Waals surface area contributed by atoms with Gasteiger partial charge in [-0.05, 0) is 63.1 Å². The number of aromatic nitrogens is 3. The van der Waals surface area contributed by atoms with Crippen molar-refractivity contribution in [1.29, 1.82) is 0 Å². The number of nitrogens with zero attached hydrogens (tertiary/aromatic N) is 4. The summed E-state index contributed by atoms with van der Waals surface area (Å²) in [5.41, 5.74) is 3.03. The number of para-hydroxylation sites is 1. The molecule has 0 radical (unpaired) electrons. The summed E-state index contributed by atoms with van der Waals surface area (Å²) in [5.74, 6) is 0.598. The molecule has 1 saturated heterocycles. The van der Waals surface area contributed by atoms with E-state index in [9.17, 15) is 4.79 Å². The Morgan fingerprint density at radius 1 is 1.19 bits per heavy atom. The predicted molar refractivity (Wildman–Crippen MR) is 106 cm³/mol. The number of thioether (sulfide) groups is 1. The van der Waals surface area contributed by atoms with Gasteiger partial charge in [-0.1, -0.05) is 30.0 Å². The monoisotopic (exact) mass is 368 g/mol. The molecule has 26 heavy (non-hydrogen) atoms. The van der Waals surface area contributed by atoms with Crippen LogP contribution in [0, 0.1) is 6.92 Å². The number of piperidine rings is 1. The van der Waals surface area contributed by atoms with E-state index in [0.29, 0.717) is 17.8 Å². The van der Waals surface area contributed by atoms with Crippen LogP contribution in [0.2, 0.25) is 0 Å². The van der Waals surface area contributed by atoms with Crippen LogP contribution in [0.5, 0.6) is 0 Å². The average Bonchev–Trinajstić information content (AvgIpc) is 3.05. The van der Waals surface area contributed by atoms with E-state index in [2.05, 4.69) is 51.5 Å². The highest BCUT2D eigenvalue weighted by Crippen LogP contribution is 2.27. The number of carbonyl (C=O) groups is 1. The maximum Gasteiger partial charge on any atom is 0.233 e. The molecule has 4 rings (SSSR count). The molecule has 3 aromatic rings. The van der Waals surface area contributed by atoms with E-state index >= 15 is 0 Å². The lowest BCUT2D eigenvalue weighted by Gasteiger charge is -2.39. The van der Waals surface area contributed by atoms with Gasteiger partial charge in [0, 0.05) is 12.1 Å². The second kappa shape index (κ2) is 6.91. The first kappa shape index (κ1) is 17.3. The normalized spacial score (nSPS) is 20.8. The summed E-state index contributed by atoms with van der Waals surface area (Å²) in [6.45, 7) is 6.36. The van der Waals surface area contributed by atoms with Gasteiger partial charge in [0.2, 0.25) is 5.91 Å². The number of amides is 1. The van der Waals surface area contributed by atoms with Crippen LogP contribution in [0.1, 0.15) is 38.7 Å². The zero-order valence-electron chi connectivity index (χ0n) is 15.5. The van der Waals surface area contributed by atoms with Crippen LogP contribution in [0.15, 0.2) is 35.5 Å². The molecule has 2 aromatic heterocycles. The molecule has 0 spiro atoms. The molecular weight excluding hydrogens is 344 g/mol. The second-order valence-electron chi connectivity index (χ2n) is 7.25. The highest BCUT2D eigenvalue weighted by atomic mass is 32.2. The van der Waals surface area contributed by atoms with E-state index in [1.807, 2.05) is 19.1 Å². The number of benzene rings is 1. The Morgan fingerprint density at radius 2 is 1.92 bits per heavy atom. The molecule has 1 aliphatic heterocycles. The van der Waals surface area contributed by atoms with Crippen molar-refractivity contribution in [2.24, 2.45) is 0 Å². The van der Waals surface area contributed by atoms with Crippen LogP contribution in [0.3, 0.4) is 0 Å². The molecule has 1 fully saturated rings. The van der Waals surface area contributed by atoms with Gasteiger partial charge in [-0.3, -0.25) is 9.20 Å². The Bertz CT molecular complexity index is 957. The third kappa shape index (κ3) is 2.96. The lowest BCUT2D eigenvalue weighted by molar-refractivity contribution is -0.134. The fourth-order valence-electron chi connectivity index (χ4n) is 4.06. The molecule has 6 heteroatoms. The van der Waals surface area contributed by atoms with Crippen LogP contribution >= 0.6 is 11.8 Å². The molecule has 1 amide bonds. The first-order valence-corrected chi connectivity index (χ1v) is 10.2. The summed E-state index contributed by atoms with van der Waals surface area (Å²) in [6.07, 6.45) is 3.40. The van der Waals surface area contributed by atoms with Gasteiger partial charge in [0.1, 0.15) is 0 Å². The Balaban J connectivity index is 1.63. The van der Waals surface area contributed by atoms with Crippen LogP contribution in [-0.2, 0) is 4.79 Å². The molecule has 2 atom stereocenters. The molecule has 3 heterocycles. The lowest BCUT2D eigenvalue weighted by atomic mass is 9.98. The first-order chi connectivity index (χ1) is 12.6. The SMILES string of the molecule is Cc1cc2ccccc2n2c(SCC(=O)N3[C@H](C)CCC[C@@H]3C)nnc12. The maximum absolute atomic E-state index is 12.8. The van der Waals surface area contributed by atoms with E-state index in [1.54, 1.807) is 0 Å². The number of carbonyl (C=O) groups excluding carboxylic acids is 1. The highest BCUT2D eigenvalue weighted by molar-refractivity contribution is 7.99. The molecule has 0 aliphatic carbocycles. The van der Waals surface area contributed by atoms with Crippen LogP contribution in [-0.4, -0.2) is 43.2 Å². The molecular formula is C20H24N4OS. The minimum Gasteiger partial charge on any atom is -0.337 e. The van der Waals surface area contributed by atoms with Crippen molar-refractivity contribution < 1.29 is 4.79 Å². The van der Waals surface area contributed by atoms with Crippen LogP contribution in [0.25, 0.3) is 16.6 Å². The van der Waals surface area contributed by atoms with E-state index in [0.717, 1.165) is 40.1 Å². The van der Waals surface area contributed by atoms with E-state index in [-0.39, 0.29) is 5.91 Å². The van der Waals surface area contributed by atoms with Crippen molar-refractivity contribution in [3.05, 3.63) is 35.9 Å². The number of hydrogen-bond acceptors (Lipinski definition) is 4. The minimum atomic E-state index is 0.198. The molecule has 0 unspecified atom stereocenters. The molecule has 136 valence electrons. The predicted octanol–water partition coefficient (Wildman–Crippen LogP) is 4.07. The topological polar surface area (TPSA) is 50.5 Å². The smallest absolute Gasteiger partial charge is 0.233 e. The van der Waals surface area contributed by atoms with Gasteiger partial charge in [0.25, 0.3) is 0 Å². The molecule has 0 saturated carbocycles. The Kier molecular flexibility index (Phi) is 4.61. The first-order valence-electron chi connectivity index (χ1n) is 9.23. The Hall–Kier alpha value is -2.08. The summed E-state index contributed by atoms with van der Waals surface area (Å²) >= 11 is 1.48. The van der Waals surface area contributed by atoms with Gasteiger partial charge in [-0.15, -0.1) is 10.2 Å². The van der Waals surface area contributed by atoms with Gasteiger partial charge in [-0.25, -0.2) is 0 Å². The van der Waals surface area contributed by atoms with Crippen LogP contribution < -0.4 is 0 Å². The number of hydrogen-bond donors (Lipinski definition) is 0. The van der Waals surface area contributed by atoms with Crippen molar-refractivity contribution in [1.82, 2.24) is 19.5 Å². The number of pyridine rings is 1. The molecule has 0 N–H and O–H groups in total. The van der Waals surface area contributed by atoms with E-state index < -0.39 is 0 Å². The lowest BCUT2D eigenvalue weighted by Crippen LogP contribution is -2.48. The van der Waals surface area contributed by atoms with Gasteiger partial charge >= 0.3 is 0 Å². The molecule has 1 aromatic carbocycles. The Labute approximate surface area is 157 Å². The molecule has 5 nitrogen and oxygen atoms in total. The van der Waals surface area contributed by atoms with Crippen molar-refractivity contribution in [3.63, 3.8) is 0 Å². The minimum absolute atomic E-state index is 0.198. The van der Waals surface area contributed by atoms with Gasteiger partial charge in [0.15, 0.2) is 10.8 Å². The van der Waals surface area contributed by atoms with Gasteiger partial charge < -0.3 is 4.90 Å². The zero-order chi connectivity index (χ0) is 18.3. The van der Waals surface area contributed by atoms with E-state index in [4.69, 9.17) is 0 Å². The fraction of sp³-hybridized carbons (Fsp3) is 0.450. The number of fused-ring (bicyclic) bond motifs is 3. The standard InChI is InChI=1S/C20H24N4OS/c1-13-11-16-9-4-5-10-17(16)24-19(13)21-22-20(24)26-12-18(25)23-14(2)7-6-8-15(23)3/h4-5,9-11,14-15H,6-8,12H2,1-3H3/t14-,15+. The van der Waals surface area contributed by atoms with Crippen molar-refractivity contribution >= 4 is 34.2 Å². The summed E-state index contributed by atoms with van der Waals surface area (Å²) in [7, 11) is 0. The molecule has 0 bridgehead atoms. The highest BCUT2D eigenvalue weighted by Gasteiger charge is 2.29. The van der Waals surface area contributed by atoms with Crippen molar-refractivity contribution in [2.75, 3.05) is 5.75 Å². The average molecular weight is 369 g/mol. The fourth-order valence-corrected chi connectivity index (χ4v) is 4.87. The van der Waals surface area contributed by atoms with Crippen molar-refractivity contribution in [3.8, 4) is 0 Å². The Morgan fingerprint density at radius 3 is 2.69 bits per heavy atom. The summed E-state index contributed by atoms with van der Waals surface area (Å²) in [6, 6.07) is 11.0. The third-order valence-corrected chi connectivity index (χ3v) is 6.26. The number of aryl methyl sites for hydroxylation is 1. The summed E-state index contributed by atoms with van der Waals surface area (Å²) in [4.78, 5) is 14.9. The number of likely N-dealkylation sites (tertiary alicyclic amines) is 1. The molecule has 1 aliphatic rings.